The molecular weight excluding hydrogens is 590 g/mol. The average molecular weight is 634 g/mol. The number of imide groups is 2. The Hall–Kier alpha value is -4.08. The van der Waals surface area contributed by atoms with E-state index in [9.17, 15) is 28.8 Å². The second kappa shape index (κ2) is 17.4. The highest BCUT2D eigenvalue weighted by Crippen LogP contribution is 2.32. The van der Waals surface area contributed by atoms with Gasteiger partial charge in [0, 0.05) is 38.4 Å². The lowest BCUT2D eigenvalue weighted by atomic mass is 10.0. The first-order valence-electron chi connectivity index (χ1n) is 15.0. The molecule has 0 radical (unpaired) electrons. The lowest BCUT2D eigenvalue weighted by molar-refractivity contribution is -0.136. The number of anilines is 1. The van der Waals surface area contributed by atoms with E-state index in [1.54, 1.807) is 32.9 Å². The molecule has 2 aliphatic heterocycles. The first-order valence-corrected chi connectivity index (χ1v) is 15.0. The number of benzene rings is 1. The molecule has 2 heterocycles. The smallest absolute Gasteiger partial charge is 0.407 e. The molecule has 4 N–H and O–H groups in total. The zero-order valence-electron chi connectivity index (χ0n) is 26.0. The Morgan fingerprint density at radius 2 is 1.51 bits per heavy atom. The van der Waals surface area contributed by atoms with E-state index < -0.39 is 41.4 Å². The van der Waals surface area contributed by atoms with Crippen LogP contribution >= 0.6 is 0 Å². The fourth-order valence-electron chi connectivity index (χ4n) is 4.52. The Morgan fingerprint density at radius 3 is 2.13 bits per heavy atom. The van der Waals surface area contributed by atoms with Crippen LogP contribution in [0.1, 0.15) is 67.2 Å². The first-order chi connectivity index (χ1) is 21.5. The summed E-state index contributed by atoms with van der Waals surface area (Å²) in [4.78, 5) is 74.5. The number of carbonyl (C=O) groups excluding carboxylic acids is 6. The summed E-state index contributed by atoms with van der Waals surface area (Å²) in [5, 5.41) is 10.5. The monoisotopic (exact) mass is 633 g/mol. The van der Waals surface area contributed by atoms with Gasteiger partial charge >= 0.3 is 6.09 Å². The van der Waals surface area contributed by atoms with Gasteiger partial charge in [-0.2, -0.15) is 0 Å². The summed E-state index contributed by atoms with van der Waals surface area (Å²) in [5.74, 6) is -2.70. The van der Waals surface area contributed by atoms with Crippen LogP contribution in [0.5, 0.6) is 0 Å². The molecule has 1 aromatic carbocycles. The molecule has 2 aliphatic rings. The van der Waals surface area contributed by atoms with Gasteiger partial charge in [0.25, 0.3) is 11.8 Å². The lowest BCUT2D eigenvalue weighted by Crippen LogP contribution is -2.54. The van der Waals surface area contributed by atoms with Crippen molar-refractivity contribution in [2.24, 2.45) is 0 Å². The summed E-state index contributed by atoms with van der Waals surface area (Å²) in [7, 11) is 0. The summed E-state index contributed by atoms with van der Waals surface area (Å²) in [6.07, 6.45) is 0.892. The zero-order valence-corrected chi connectivity index (χ0v) is 26.0. The van der Waals surface area contributed by atoms with Gasteiger partial charge in [0.1, 0.15) is 11.6 Å². The summed E-state index contributed by atoms with van der Waals surface area (Å²) in [5.41, 5.74) is 0.00609. The van der Waals surface area contributed by atoms with Gasteiger partial charge in [-0.25, -0.2) is 4.79 Å². The molecule has 0 spiro atoms. The number of amides is 6. The molecule has 45 heavy (non-hydrogen) atoms. The molecule has 248 valence electrons. The predicted molar refractivity (Wildman–Crippen MR) is 161 cm³/mol. The van der Waals surface area contributed by atoms with Crippen LogP contribution in [0.25, 0.3) is 0 Å². The predicted octanol–water partition coefficient (Wildman–Crippen LogP) is 0.971. The standard InChI is InChI=1S/C30H43N5O10/c1-30(2,3)45-29(41)32-12-6-14-43-16-18-44-17-15-42-13-5-11-31-24(37)19-33-21-8-4-7-20-25(21)28(40)35(27(20)39)22-9-10-23(36)34-26(22)38/h4,7-8,22,33H,5-6,9-19H2,1-3H3,(H,31,37)(H,32,41)(H,34,36,38). The molecule has 1 aromatic rings. The highest BCUT2D eigenvalue weighted by Gasteiger charge is 2.45. The van der Waals surface area contributed by atoms with Crippen molar-refractivity contribution < 1.29 is 47.7 Å². The van der Waals surface area contributed by atoms with Crippen LogP contribution in [-0.4, -0.2) is 111 Å². The van der Waals surface area contributed by atoms with E-state index in [1.165, 1.54) is 6.07 Å². The Kier molecular flexibility index (Phi) is 13.7. The molecule has 3 rings (SSSR count). The third-order valence-corrected chi connectivity index (χ3v) is 6.57. The number of nitrogens with one attached hydrogen (secondary N) is 4. The van der Waals surface area contributed by atoms with Gasteiger partial charge in [-0.05, 0) is 52.2 Å². The van der Waals surface area contributed by atoms with Crippen LogP contribution in [-0.2, 0) is 33.3 Å². The summed E-state index contributed by atoms with van der Waals surface area (Å²) < 4.78 is 21.6. The van der Waals surface area contributed by atoms with E-state index in [4.69, 9.17) is 18.9 Å². The number of fused-ring (bicyclic) bond motifs is 1. The number of piperidine rings is 1. The Balaban J connectivity index is 1.20. The molecule has 6 amide bonds. The quantitative estimate of drug-likeness (QED) is 0.133. The van der Waals surface area contributed by atoms with Gasteiger partial charge in [0.2, 0.25) is 17.7 Å². The van der Waals surface area contributed by atoms with Gasteiger partial charge in [-0.15, -0.1) is 0 Å². The molecule has 0 bridgehead atoms. The molecule has 1 unspecified atom stereocenters. The van der Waals surface area contributed by atoms with Crippen molar-refractivity contribution in [2.75, 3.05) is 64.6 Å². The van der Waals surface area contributed by atoms with Crippen molar-refractivity contribution in [3.63, 3.8) is 0 Å². The van der Waals surface area contributed by atoms with Gasteiger partial charge < -0.3 is 34.9 Å². The van der Waals surface area contributed by atoms with Gasteiger partial charge in [-0.1, -0.05) is 6.07 Å². The normalized spacial score (nSPS) is 16.3. The van der Waals surface area contributed by atoms with Crippen molar-refractivity contribution in [2.45, 2.75) is 58.1 Å². The van der Waals surface area contributed by atoms with Crippen molar-refractivity contribution >= 4 is 41.3 Å². The number of hydrogen-bond acceptors (Lipinski definition) is 11. The topological polar surface area (TPSA) is 191 Å². The molecule has 1 atom stereocenters. The second-order valence-electron chi connectivity index (χ2n) is 11.4. The Bertz CT molecular complexity index is 1230. The van der Waals surface area contributed by atoms with Crippen LogP contribution in [0.2, 0.25) is 0 Å². The summed E-state index contributed by atoms with van der Waals surface area (Å²) in [6.45, 7) is 8.71. The van der Waals surface area contributed by atoms with Crippen molar-refractivity contribution in [1.29, 1.82) is 0 Å². The number of alkyl carbamates (subject to hydrolysis) is 1. The number of hydrogen-bond donors (Lipinski definition) is 4. The molecule has 0 aliphatic carbocycles. The molecule has 0 saturated carbocycles. The summed E-state index contributed by atoms with van der Waals surface area (Å²) >= 11 is 0. The minimum Gasteiger partial charge on any atom is -0.444 e. The summed E-state index contributed by atoms with van der Waals surface area (Å²) in [6, 6.07) is 3.59. The van der Waals surface area contributed by atoms with Crippen LogP contribution in [0.4, 0.5) is 10.5 Å². The zero-order chi connectivity index (χ0) is 32.8. The first kappa shape index (κ1) is 35.4. The lowest BCUT2D eigenvalue weighted by Gasteiger charge is -2.27. The fourth-order valence-corrected chi connectivity index (χ4v) is 4.52. The Labute approximate surface area is 262 Å². The highest BCUT2D eigenvalue weighted by atomic mass is 16.6. The molecular formula is C30H43N5O10. The van der Waals surface area contributed by atoms with E-state index in [-0.39, 0.29) is 36.4 Å². The third kappa shape index (κ3) is 11.4. The number of ether oxygens (including phenoxy) is 4. The second-order valence-corrected chi connectivity index (χ2v) is 11.4. The minimum atomic E-state index is -1.06. The molecule has 1 fully saturated rings. The maximum absolute atomic E-state index is 13.1. The van der Waals surface area contributed by atoms with E-state index in [1.807, 2.05) is 0 Å². The number of nitrogens with zero attached hydrogens (tertiary/aromatic N) is 1. The van der Waals surface area contributed by atoms with E-state index in [0.717, 1.165) is 4.90 Å². The van der Waals surface area contributed by atoms with E-state index in [0.29, 0.717) is 71.3 Å². The maximum atomic E-state index is 13.1. The van der Waals surface area contributed by atoms with Crippen molar-refractivity contribution in [3.8, 4) is 0 Å². The molecule has 0 aromatic heterocycles. The fraction of sp³-hybridized carbons (Fsp3) is 0.600. The SMILES string of the molecule is CC(C)(C)OC(=O)NCCCOCCOCCOCCCNC(=O)CNc1cccc2c1C(=O)N(C1CCC(=O)NC1=O)C2=O. The van der Waals surface area contributed by atoms with Crippen LogP contribution in [0.15, 0.2) is 18.2 Å². The maximum Gasteiger partial charge on any atom is 0.407 e. The molecule has 15 nitrogen and oxygen atoms in total. The largest absolute Gasteiger partial charge is 0.444 e. The molecule has 1 saturated heterocycles. The average Bonchev–Trinajstić information content (AvgIpc) is 3.22. The minimum absolute atomic E-state index is 0.0314. The molecule has 15 heteroatoms. The van der Waals surface area contributed by atoms with E-state index >= 15 is 0 Å². The highest BCUT2D eigenvalue weighted by molar-refractivity contribution is 6.25. The Morgan fingerprint density at radius 1 is 0.889 bits per heavy atom. The van der Waals surface area contributed by atoms with Gasteiger partial charge in [0.15, 0.2) is 0 Å². The van der Waals surface area contributed by atoms with Gasteiger partial charge in [0.05, 0.1) is 44.1 Å². The number of carbonyl (C=O) groups is 6. The third-order valence-electron chi connectivity index (χ3n) is 6.57. The number of rotatable bonds is 18. The van der Waals surface area contributed by atoms with Crippen LogP contribution in [0, 0.1) is 0 Å². The van der Waals surface area contributed by atoms with Crippen LogP contribution < -0.4 is 21.3 Å². The van der Waals surface area contributed by atoms with Crippen molar-refractivity contribution in [3.05, 3.63) is 29.3 Å². The van der Waals surface area contributed by atoms with Crippen LogP contribution in [0.3, 0.4) is 0 Å². The van der Waals surface area contributed by atoms with Gasteiger partial charge in [-0.3, -0.25) is 34.2 Å². The van der Waals surface area contributed by atoms with E-state index in [2.05, 4.69) is 21.3 Å². The van der Waals surface area contributed by atoms with Crippen molar-refractivity contribution in [1.82, 2.24) is 20.9 Å².